The summed E-state index contributed by atoms with van der Waals surface area (Å²) < 4.78 is 40.5. The van der Waals surface area contributed by atoms with Crippen molar-refractivity contribution >= 4 is 27.8 Å². The Labute approximate surface area is 174 Å². The van der Waals surface area contributed by atoms with Gasteiger partial charge in [0.2, 0.25) is 0 Å². The maximum atomic E-state index is 12.4. The molecule has 1 saturated heterocycles. The molecule has 0 spiro atoms. The first-order valence-electron chi connectivity index (χ1n) is 8.78. The normalized spacial score (nSPS) is 16.9. The highest BCUT2D eigenvalue weighted by molar-refractivity contribution is 7.87. The zero-order valence-corrected chi connectivity index (χ0v) is 17.3. The summed E-state index contributed by atoms with van der Waals surface area (Å²) >= 11 is 5.51. The van der Waals surface area contributed by atoms with Crippen molar-refractivity contribution in [2.75, 3.05) is 19.7 Å². The predicted octanol–water partition coefficient (Wildman–Crippen LogP) is 3.98. The Morgan fingerprint density at radius 1 is 1.17 bits per heavy atom. The lowest BCUT2D eigenvalue weighted by Crippen LogP contribution is -2.42. The minimum absolute atomic E-state index is 0.0813. The highest BCUT2D eigenvalue weighted by Crippen LogP contribution is 2.26. The highest BCUT2D eigenvalue weighted by Gasteiger charge is 2.27. The smallest absolute Gasteiger partial charge is 0.398 e. The summed E-state index contributed by atoms with van der Waals surface area (Å²) in [5.41, 5.74) is 1.72. The number of hydrogen-bond donors (Lipinski definition) is 0. The summed E-state index contributed by atoms with van der Waals surface area (Å²) in [7, 11) is -3.92. The van der Waals surface area contributed by atoms with Crippen LogP contribution in [0.25, 0.3) is 0 Å². The van der Waals surface area contributed by atoms with E-state index in [2.05, 4.69) is 6.58 Å². The molecule has 1 aliphatic rings. The largest absolute Gasteiger partial charge is 0.416 e. The zero-order chi connectivity index (χ0) is 21.0. The van der Waals surface area contributed by atoms with Crippen molar-refractivity contribution in [3.63, 3.8) is 0 Å². The van der Waals surface area contributed by atoms with Gasteiger partial charge in [0.05, 0.1) is 13.2 Å². The van der Waals surface area contributed by atoms with Crippen molar-refractivity contribution in [3.05, 3.63) is 71.5 Å². The van der Waals surface area contributed by atoms with E-state index in [1.165, 1.54) is 17.0 Å². The Kier molecular flexibility index (Phi) is 6.46. The molecule has 0 radical (unpaired) electrons. The summed E-state index contributed by atoms with van der Waals surface area (Å²) in [5.74, 6) is 0.180. The summed E-state index contributed by atoms with van der Waals surface area (Å²) in [5, 5.41) is -0.200. The van der Waals surface area contributed by atoms with Crippen LogP contribution in [-0.4, -0.2) is 39.1 Å². The van der Waals surface area contributed by atoms with Crippen LogP contribution in [0.15, 0.2) is 65.2 Å². The monoisotopic (exact) mass is 437 g/mol. The second-order valence-corrected chi connectivity index (χ2v) is 8.42. The lowest BCUT2D eigenvalue weighted by Gasteiger charge is -2.32. The first kappa shape index (κ1) is 21.2. The maximum absolute atomic E-state index is 12.4. The lowest BCUT2D eigenvalue weighted by atomic mass is 10.1. The Hall–Kier alpha value is -2.55. The molecule has 0 saturated carbocycles. The standard InChI is InChI=1S/C20H20ClNO6S/c1-14-3-9-18(10-4-14)29(24,25)28-17-7-5-16(6-8-17)19-13-22(11-12-26-19)20(23)27-15(2)21/h3-10,19H,2,11-13H2,1H3/t19-/m1/s1. The summed E-state index contributed by atoms with van der Waals surface area (Å²) in [6.45, 7) is 6.17. The third kappa shape index (κ3) is 5.50. The van der Waals surface area contributed by atoms with E-state index in [1.807, 2.05) is 6.92 Å². The van der Waals surface area contributed by atoms with Gasteiger partial charge >= 0.3 is 16.2 Å². The second-order valence-electron chi connectivity index (χ2n) is 6.45. The molecule has 7 nitrogen and oxygen atoms in total. The van der Waals surface area contributed by atoms with E-state index in [0.717, 1.165) is 11.1 Å². The van der Waals surface area contributed by atoms with E-state index < -0.39 is 16.2 Å². The van der Waals surface area contributed by atoms with Crippen LogP contribution in [0.1, 0.15) is 17.2 Å². The SMILES string of the molecule is C=C(Cl)OC(=O)N1CCO[C@@H](c2ccc(OS(=O)(=O)c3ccc(C)cc3)cc2)C1. The summed E-state index contributed by atoms with van der Waals surface area (Å²) in [6, 6.07) is 12.9. The van der Waals surface area contributed by atoms with Gasteiger partial charge in [-0.25, -0.2) is 4.79 Å². The van der Waals surface area contributed by atoms with Crippen molar-refractivity contribution < 1.29 is 26.9 Å². The molecule has 2 aromatic rings. The summed E-state index contributed by atoms with van der Waals surface area (Å²) in [6.07, 6.45) is -0.981. The van der Waals surface area contributed by atoms with Crippen molar-refractivity contribution in [1.29, 1.82) is 0 Å². The first-order valence-corrected chi connectivity index (χ1v) is 10.6. The molecule has 0 aromatic heterocycles. The van der Waals surface area contributed by atoms with Crippen molar-refractivity contribution in [3.8, 4) is 5.75 Å². The van der Waals surface area contributed by atoms with Crippen LogP contribution < -0.4 is 4.18 Å². The van der Waals surface area contributed by atoms with Crippen LogP contribution in [-0.2, 0) is 19.6 Å². The molecule has 1 heterocycles. The molecule has 9 heteroatoms. The Morgan fingerprint density at radius 3 is 2.45 bits per heavy atom. The average Bonchev–Trinajstić information content (AvgIpc) is 2.68. The van der Waals surface area contributed by atoms with E-state index in [1.54, 1.807) is 36.4 Å². The van der Waals surface area contributed by atoms with Crippen LogP contribution >= 0.6 is 11.6 Å². The van der Waals surface area contributed by atoms with Crippen LogP contribution in [0.5, 0.6) is 5.75 Å². The minimum atomic E-state index is -3.92. The van der Waals surface area contributed by atoms with Gasteiger partial charge in [0, 0.05) is 6.54 Å². The van der Waals surface area contributed by atoms with Gasteiger partial charge in [0.25, 0.3) is 0 Å². The van der Waals surface area contributed by atoms with E-state index >= 15 is 0 Å². The Bertz CT molecular complexity index is 989. The van der Waals surface area contributed by atoms with Gasteiger partial charge in [-0.15, -0.1) is 0 Å². The molecular formula is C20H20ClNO6S. The third-order valence-electron chi connectivity index (χ3n) is 4.29. The quantitative estimate of drug-likeness (QED) is 0.519. The van der Waals surface area contributed by atoms with Crippen LogP contribution in [0, 0.1) is 6.92 Å². The number of hydrogen-bond acceptors (Lipinski definition) is 6. The molecule has 2 aromatic carbocycles. The number of ether oxygens (including phenoxy) is 2. The van der Waals surface area contributed by atoms with Crippen molar-refractivity contribution in [1.82, 2.24) is 4.90 Å². The van der Waals surface area contributed by atoms with E-state index in [9.17, 15) is 13.2 Å². The summed E-state index contributed by atoms with van der Waals surface area (Å²) in [4.78, 5) is 13.5. The van der Waals surface area contributed by atoms with Gasteiger partial charge < -0.3 is 18.6 Å². The van der Waals surface area contributed by atoms with Crippen LogP contribution in [0.4, 0.5) is 4.79 Å². The molecule has 0 aliphatic carbocycles. The molecule has 1 amide bonds. The molecule has 3 rings (SSSR count). The van der Waals surface area contributed by atoms with E-state index in [0.29, 0.717) is 13.2 Å². The lowest BCUT2D eigenvalue weighted by molar-refractivity contribution is -0.0243. The highest BCUT2D eigenvalue weighted by atomic mass is 35.5. The number of nitrogens with zero attached hydrogens (tertiary/aromatic N) is 1. The van der Waals surface area contributed by atoms with Crippen molar-refractivity contribution in [2.45, 2.75) is 17.9 Å². The first-order chi connectivity index (χ1) is 13.7. The number of carbonyl (C=O) groups is 1. The van der Waals surface area contributed by atoms with Gasteiger partial charge in [0.1, 0.15) is 16.7 Å². The second kappa shape index (κ2) is 8.86. The number of morpholine rings is 1. The molecule has 0 unspecified atom stereocenters. The maximum Gasteiger partial charge on any atom is 0.416 e. The van der Waals surface area contributed by atoms with Crippen molar-refractivity contribution in [2.24, 2.45) is 0 Å². The number of halogens is 1. The molecular weight excluding hydrogens is 418 g/mol. The molecule has 1 atom stereocenters. The number of aryl methyl sites for hydroxylation is 1. The molecule has 154 valence electrons. The fourth-order valence-corrected chi connectivity index (χ4v) is 3.79. The van der Waals surface area contributed by atoms with Gasteiger partial charge in [-0.05, 0) is 54.9 Å². The number of carbonyl (C=O) groups excluding carboxylic acids is 1. The minimum Gasteiger partial charge on any atom is -0.398 e. The topological polar surface area (TPSA) is 82.1 Å². The molecule has 29 heavy (non-hydrogen) atoms. The Morgan fingerprint density at radius 2 is 1.83 bits per heavy atom. The third-order valence-corrected chi connectivity index (χ3v) is 5.63. The number of amides is 1. The average molecular weight is 438 g/mol. The van der Waals surface area contributed by atoms with Crippen LogP contribution in [0.2, 0.25) is 0 Å². The fraction of sp³-hybridized carbons (Fsp3) is 0.250. The van der Waals surface area contributed by atoms with E-state index in [4.69, 9.17) is 25.3 Å². The van der Waals surface area contributed by atoms with Gasteiger partial charge in [-0.1, -0.05) is 29.8 Å². The molecule has 1 aliphatic heterocycles. The van der Waals surface area contributed by atoms with Gasteiger partial charge in [-0.2, -0.15) is 8.42 Å². The molecule has 0 N–H and O–H groups in total. The Balaban J connectivity index is 1.67. The molecule has 1 fully saturated rings. The number of rotatable bonds is 5. The number of benzene rings is 2. The van der Waals surface area contributed by atoms with Crippen LogP contribution in [0.3, 0.4) is 0 Å². The van der Waals surface area contributed by atoms with Gasteiger partial charge in [0.15, 0.2) is 5.22 Å². The molecule has 0 bridgehead atoms. The van der Waals surface area contributed by atoms with E-state index in [-0.39, 0.29) is 28.5 Å². The fourth-order valence-electron chi connectivity index (χ4n) is 2.79. The zero-order valence-electron chi connectivity index (χ0n) is 15.7. The predicted molar refractivity (Wildman–Crippen MR) is 107 cm³/mol. The van der Waals surface area contributed by atoms with Gasteiger partial charge in [-0.3, -0.25) is 0 Å².